The molecule has 0 fully saturated rings. The number of carbonyl (C=O) groups excluding carboxylic acids is 1. The quantitative estimate of drug-likeness (QED) is 0.462. The normalized spacial score (nSPS) is 11.0. The van der Waals surface area contributed by atoms with Crippen molar-refractivity contribution in [3.8, 4) is 11.1 Å². The molecule has 0 unspecified atom stereocenters. The van der Waals surface area contributed by atoms with Crippen LogP contribution in [0.25, 0.3) is 21.3 Å². The summed E-state index contributed by atoms with van der Waals surface area (Å²) in [7, 11) is 0. The number of hydrogen-bond donors (Lipinski definition) is 0. The van der Waals surface area contributed by atoms with Crippen LogP contribution in [0.5, 0.6) is 0 Å². The Kier molecular flexibility index (Phi) is 5.22. The fourth-order valence-corrected chi connectivity index (χ4v) is 3.89. The van der Waals surface area contributed by atoms with Crippen molar-refractivity contribution in [3.63, 3.8) is 0 Å². The number of rotatable bonds is 5. The number of nitrogens with zero attached hydrogens (tertiary/aromatic N) is 2. The van der Waals surface area contributed by atoms with Gasteiger partial charge in [-0.2, -0.15) is 0 Å². The molecule has 0 atom stereocenters. The van der Waals surface area contributed by atoms with Crippen LogP contribution in [0.4, 0.5) is 4.39 Å². The van der Waals surface area contributed by atoms with Gasteiger partial charge in [0.1, 0.15) is 23.8 Å². The first-order chi connectivity index (χ1) is 14.0. The number of hydrogen-bond acceptors (Lipinski definition) is 5. The lowest BCUT2D eigenvalue weighted by Crippen LogP contribution is -2.25. The van der Waals surface area contributed by atoms with Gasteiger partial charge in [0.25, 0.3) is 5.56 Å². The predicted molar refractivity (Wildman–Crippen MR) is 110 cm³/mol. The van der Waals surface area contributed by atoms with Crippen LogP contribution in [-0.2, 0) is 22.7 Å². The number of aryl methyl sites for hydroxylation is 1. The highest BCUT2D eigenvalue weighted by molar-refractivity contribution is 7.17. The molecule has 0 aliphatic heterocycles. The van der Waals surface area contributed by atoms with Gasteiger partial charge in [-0.15, -0.1) is 11.3 Å². The van der Waals surface area contributed by atoms with E-state index in [1.807, 2.05) is 36.6 Å². The molecule has 0 saturated carbocycles. The third-order valence-electron chi connectivity index (χ3n) is 4.57. The fraction of sp³-hybridized carbons (Fsp3) is 0.136. The number of fused-ring (bicyclic) bond motifs is 1. The van der Waals surface area contributed by atoms with E-state index in [9.17, 15) is 14.0 Å². The summed E-state index contributed by atoms with van der Waals surface area (Å²) in [6, 6.07) is 13.9. The average molecular weight is 408 g/mol. The summed E-state index contributed by atoms with van der Waals surface area (Å²) in [5.41, 5.74) is 2.80. The predicted octanol–water partition coefficient (Wildman–Crippen LogP) is 4.32. The maximum Gasteiger partial charge on any atom is 0.326 e. The second kappa shape index (κ2) is 7.97. The van der Waals surface area contributed by atoms with Crippen molar-refractivity contribution in [2.75, 3.05) is 0 Å². The minimum Gasteiger partial charge on any atom is -0.459 e. The smallest absolute Gasteiger partial charge is 0.326 e. The van der Waals surface area contributed by atoms with Crippen molar-refractivity contribution in [1.82, 2.24) is 9.55 Å². The van der Waals surface area contributed by atoms with Crippen LogP contribution in [0.1, 0.15) is 11.1 Å². The third kappa shape index (κ3) is 3.95. The van der Waals surface area contributed by atoms with Crippen LogP contribution in [-0.4, -0.2) is 15.5 Å². The monoisotopic (exact) mass is 408 g/mol. The van der Waals surface area contributed by atoms with Crippen LogP contribution < -0.4 is 5.56 Å². The minimum atomic E-state index is -0.636. The summed E-state index contributed by atoms with van der Waals surface area (Å²) >= 11 is 1.38. The van der Waals surface area contributed by atoms with Gasteiger partial charge in [-0.25, -0.2) is 9.37 Å². The highest BCUT2D eigenvalue weighted by Crippen LogP contribution is 2.30. The zero-order chi connectivity index (χ0) is 20.4. The number of benzene rings is 2. The molecule has 0 N–H and O–H groups in total. The second-order valence-electron chi connectivity index (χ2n) is 6.63. The van der Waals surface area contributed by atoms with Crippen molar-refractivity contribution in [2.45, 2.75) is 20.1 Å². The van der Waals surface area contributed by atoms with Gasteiger partial charge >= 0.3 is 5.97 Å². The van der Waals surface area contributed by atoms with Gasteiger partial charge in [0.2, 0.25) is 0 Å². The SMILES string of the molecule is Cc1ccc(-c2csc3ncn(CC(=O)OCc4ccccc4F)c(=O)c23)cc1. The molecule has 2 heterocycles. The Morgan fingerprint density at radius 1 is 1.17 bits per heavy atom. The Bertz CT molecular complexity index is 1250. The van der Waals surface area contributed by atoms with Crippen molar-refractivity contribution >= 4 is 27.5 Å². The first kappa shape index (κ1) is 19.0. The number of thiophene rings is 1. The molecule has 5 nitrogen and oxygen atoms in total. The number of aromatic nitrogens is 2. The molecule has 0 radical (unpaired) electrons. The highest BCUT2D eigenvalue weighted by atomic mass is 32.1. The standard InChI is InChI=1S/C22H17FN2O3S/c1-14-6-8-15(9-7-14)17-12-29-21-20(17)22(27)25(13-24-21)10-19(26)28-11-16-4-2-3-5-18(16)23/h2-9,12-13H,10-11H2,1H3. The lowest BCUT2D eigenvalue weighted by molar-refractivity contribution is -0.145. The lowest BCUT2D eigenvalue weighted by Gasteiger charge is -2.08. The summed E-state index contributed by atoms with van der Waals surface area (Å²) < 4.78 is 20.0. The van der Waals surface area contributed by atoms with Crippen molar-refractivity contribution < 1.29 is 13.9 Å². The van der Waals surface area contributed by atoms with E-state index < -0.39 is 11.8 Å². The molecule has 0 amide bonds. The van der Waals surface area contributed by atoms with E-state index >= 15 is 0 Å². The molecular weight excluding hydrogens is 391 g/mol. The number of ether oxygens (including phenoxy) is 1. The van der Waals surface area contributed by atoms with Crippen molar-refractivity contribution in [2.24, 2.45) is 0 Å². The van der Waals surface area contributed by atoms with E-state index in [-0.39, 0.29) is 24.3 Å². The maximum absolute atomic E-state index is 13.6. The van der Waals surface area contributed by atoms with Crippen LogP contribution in [0.15, 0.2) is 65.0 Å². The Balaban J connectivity index is 1.58. The second-order valence-corrected chi connectivity index (χ2v) is 7.48. The summed E-state index contributed by atoms with van der Waals surface area (Å²) in [6.45, 7) is 1.51. The Morgan fingerprint density at radius 2 is 1.93 bits per heavy atom. The van der Waals surface area contributed by atoms with E-state index in [1.165, 1.54) is 28.3 Å². The number of carbonyl (C=O) groups is 1. The Morgan fingerprint density at radius 3 is 2.69 bits per heavy atom. The minimum absolute atomic E-state index is 0.191. The van der Waals surface area contributed by atoms with Crippen LogP contribution >= 0.6 is 11.3 Å². The van der Waals surface area contributed by atoms with Crippen molar-refractivity contribution in [3.05, 3.63) is 87.5 Å². The van der Waals surface area contributed by atoms with Gasteiger partial charge in [0.15, 0.2) is 0 Å². The molecule has 146 valence electrons. The zero-order valence-corrected chi connectivity index (χ0v) is 16.4. The largest absolute Gasteiger partial charge is 0.459 e. The van der Waals surface area contributed by atoms with Gasteiger partial charge in [-0.1, -0.05) is 48.0 Å². The first-order valence-corrected chi connectivity index (χ1v) is 9.83. The Labute approximate surface area is 170 Å². The molecule has 7 heteroatoms. The summed E-state index contributed by atoms with van der Waals surface area (Å²) in [5, 5.41) is 2.37. The van der Waals surface area contributed by atoms with Crippen LogP contribution in [0, 0.1) is 12.7 Å². The molecule has 2 aromatic heterocycles. The molecule has 0 spiro atoms. The molecular formula is C22H17FN2O3S. The van der Waals surface area contributed by atoms with E-state index in [4.69, 9.17) is 4.74 Å². The topological polar surface area (TPSA) is 61.2 Å². The van der Waals surface area contributed by atoms with Crippen LogP contribution in [0.3, 0.4) is 0 Å². The lowest BCUT2D eigenvalue weighted by atomic mass is 10.1. The van der Waals surface area contributed by atoms with Gasteiger partial charge < -0.3 is 4.74 Å². The average Bonchev–Trinajstić information content (AvgIpc) is 3.15. The maximum atomic E-state index is 13.6. The molecule has 0 aliphatic rings. The molecule has 4 rings (SSSR count). The fourth-order valence-electron chi connectivity index (χ4n) is 2.98. The van der Waals surface area contributed by atoms with Gasteiger partial charge in [0.05, 0.1) is 11.7 Å². The van der Waals surface area contributed by atoms with E-state index in [1.54, 1.807) is 18.2 Å². The molecule has 0 aliphatic carbocycles. The number of halogens is 1. The summed E-state index contributed by atoms with van der Waals surface area (Å²) in [5.74, 6) is -1.08. The first-order valence-electron chi connectivity index (χ1n) is 8.95. The van der Waals surface area contributed by atoms with E-state index in [2.05, 4.69) is 4.98 Å². The molecule has 0 saturated heterocycles. The van der Waals surface area contributed by atoms with E-state index in [0.717, 1.165) is 16.7 Å². The molecule has 29 heavy (non-hydrogen) atoms. The zero-order valence-electron chi connectivity index (χ0n) is 15.6. The van der Waals surface area contributed by atoms with E-state index in [0.29, 0.717) is 10.2 Å². The van der Waals surface area contributed by atoms with Crippen molar-refractivity contribution in [1.29, 1.82) is 0 Å². The van der Waals surface area contributed by atoms with Gasteiger partial charge in [-0.05, 0) is 18.6 Å². The molecule has 4 aromatic rings. The highest BCUT2D eigenvalue weighted by Gasteiger charge is 2.15. The van der Waals surface area contributed by atoms with Crippen LogP contribution in [0.2, 0.25) is 0 Å². The molecule has 0 bridgehead atoms. The third-order valence-corrected chi connectivity index (χ3v) is 5.46. The summed E-state index contributed by atoms with van der Waals surface area (Å²) in [4.78, 5) is 30.1. The van der Waals surface area contributed by atoms with Gasteiger partial charge in [0, 0.05) is 16.5 Å². The molecule has 2 aromatic carbocycles. The van der Waals surface area contributed by atoms with Gasteiger partial charge in [-0.3, -0.25) is 14.2 Å². The Hall–Kier alpha value is -3.32. The number of esters is 1. The summed E-state index contributed by atoms with van der Waals surface area (Å²) in [6.07, 6.45) is 1.34.